The molecule has 0 atom stereocenters. The molecule has 7 heteroatoms. The molecule has 168 valence electrons. The van der Waals surface area contributed by atoms with Crippen LogP contribution in [0.25, 0.3) is 0 Å². The molecule has 0 fully saturated rings. The first-order valence-electron chi connectivity index (χ1n) is 10.6. The third-order valence-corrected chi connectivity index (χ3v) is 5.28. The van der Waals surface area contributed by atoms with Crippen LogP contribution in [0.1, 0.15) is 28.4 Å². The summed E-state index contributed by atoms with van der Waals surface area (Å²) >= 11 is 6.22. The monoisotopic (exact) mass is 461 g/mol. The van der Waals surface area contributed by atoms with Gasteiger partial charge in [-0.1, -0.05) is 41.9 Å². The zero-order chi connectivity index (χ0) is 23.0. The average molecular weight is 462 g/mol. The molecule has 1 amide bonds. The molecule has 4 aromatic rings. The predicted octanol–water partition coefficient (Wildman–Crippen LogP) is 5.81. The number of nitrogens with zero attached hydrogens (tertiary/aromatic N) is 2. The summed E-state index contributed by atoms with van der Waals surface area (Å²) in [6.07, 6.45) is 3.40. The quantitative estimate of drug-likeness (QED) is 0.341. The molecule has 0 spiro atoms. The molecular formula is C26H24ClN3O3. The number of amides is 1. The third kappa shape index (κ3) is 6.14. The second kappa shape index (κ2) is 10.7. The first-order valence-corrected chi connectivity index (χ1v) is 11.0. The second-order valence-electron chi connectivity index (χ2n) is 7.37. The van der Waals surface area contributed by atoms with E-state index < -0.39 is 0 Å². The highest BCUT2D eigenvalue weighted by molar-refractivity contribution is 6.31. The van der Waals surface area contributed by atoms with Gasteiger partial charge < -0.3 is 14.8 Å². The van der Waals surface area contributed by atoms with Crippen LogP contribution >= 0.6 is 11.6 Å². The van der Waals surface area contributed by atoms with Crippen LogP contribution in [0.5, 0.6) is 11.5 Å². The largest absolute Gasteiger partial charge is 0.494 e. The molecule has 33 heavy (non-hydrogen) atoms. The van der Waals surface area contributed by atoms with Gasteiger partial charge in [-0.3, -0.25) is 9.48 Å². The van der Waals surface area contributed by atoms with Crippen LogP contribution < -0.4 is 14.8 Å². The molecule has 0 saturated heterocycles. The Balaban J connectivity index is 1.35. The number of hydrogen-bond acceptors (Lipinski definition) is 4. The Morgan fingerprint density at radius 3 is 2.52 bits per heavy atom. The van der Waals surface area contributed by atoms with Crippen molar-refractivity contribution in [3.63, 3.8) is 0 Å². The van der Waals surface area contributed by atoms with Crippen LogP contribution in [0.15, 0.2) is 85.2 Å². The summed E-state index contributed by atoms with van der Waals surface area (Å²) in [7, 11) is 0. The molecule has 0 saturated carbocycles. The van der Waals surface area contributed by atoms with Gasteiger partial charge in [0, 0.05) is 16.8 Å². The molecule has 6 nitrogen and oxygen atoms in total. The molecule has 3 aromatic carbocycles. The van der Waals surface area contributed by atoms with Crippen molar-refractivity contribution in [2.24, 2.45) is 0 Å². The highest BCUT2D eigenvalue weighted by Gasteiger charge is 2.10. The number of benzene rings is 3. The summed E-state index contributed by atoms with van der Waals surface area (Å²) < 4.78 is 13.0. The van der Waals surface area contributed by atoms with E-state index in [0.29, 0.717) is 36.0 Å². The van der Waals surface area contributed by atoms with Gasteiger partial charge in [-0.2, -0.15) is 5.10 Å². The van der Waals surface area contributed by atoms with Gasteiger partial charge in [-0.05, 0) is 60.5 Å². The Morgan fingerprint density at radius 1 is 1.00 bits per heavy atom. The van der Waals surface area contributed by atoms with E-state index in [4.69, 9.17) is 21.1 Å². The Kier molecular flexibility index (Phi) is 7.27. The summed E-state index contributed by atoms with van der Waals surface area (Å²) in [6, 6.07) is 22.4. The summed E-state index contributed by atoms with van der Waals surface area (Å²) in [6.45, 7) is 3.44. The van der Waals surface area contributed by atoms with E-state index in [1.807, 2.05) is 73.7 Å². The standard InChI is InChI=1S/C26H24ClN3O3/c1-2-32-23-10-12-24(13-11-23)33-18-19-6-5-8-20(14-19)26(31)29-22-15-28-30(17-22)16-21-7-3-4-9-25(21)27/h3-15,17H,2,16,18H2,1H3,(H,29,31). The molecule has 0 aliphatic rings. The highest BCUT2D eigenvalue weighted by Crippen LogP contribution is 2.20. The molecule has 0 bridgehead atoms. The second-order valence-corrected chi connectivity index (χ2v) is 7.77. The molecule has 0 radical (unpaired) electrons. The fourth-order valence-electron chi connectivity index (χ4n) is 3.29. The molecule has 4 rings (SSSR count). The molecule has 1 N–H and O–H groups in total. The first kappa shape index (κ1) is 22.4. The molecular weight excluding hydrogens is 438 g/mol. The molecule has 1 heterocycles. The lowest BCUT2D eigenvalue weighted by molar-refractivity contribution is 0.102. The number of hydrogen-bond donors (Lipinski definition) is 1. The van der Waals surface area contributed by atoms with Crippen molar-refractivity contribution in [2.45, 2.75) is 20.1 Å². The molecule has 0 unspecified atom stereocenters. The molecule has 0 aliphatic heterocycles. The van der Waals surface area contributed by atoms with Crippen LogP contribution in [-0.4, -0.2) is 22.3 Å². The topological polar surface area (TPSA) is 65.4 Å². The van der Waals surface area contributed by atoms with E-state index in [-0.39, 0.29) is 5.91 Å². The lowest BCUT2D eigenvalue weighted by Gasteiger charge is -2.09. The molecule has 1 aromatic heterocycles. The van der Waals surface area contributed by atoms with Crippen molar-refractivity contribution < 1.29 is 14.3 Å². The van der Waals surface area contributed by atoms with Crippen LogP contribution in [0.2, 0.25) is 5.02 Å². The Bertz CT molecular complexity index is 1220. The van der Waals surface area contributed by atoms with E-state index in [1.165, 1.54) is 0 Å². The van der Waals surface area contributed by atoms with Crippen molar-refractivity contribution >= 4 is 23.2 Å². The number of anilines is 1. The zero-order valence-electron chi connectivity index (χ0n) is 18.2. The smallest absolute Gasteiger partial charge is 0.255 e. The number of carbonyl (C=O) groups is 1. The Labute approximate surface area is 197 Å². The minimum atomic E-state index is -0.213. The number of carbonyl (C=O) groups excluding carboxylic acids is 1. The van der Waals surface area contributed by atoms with Gasteiger partial charge in [0.05, 0.1) is 25.0 Å². The summed E-state index contributed by atoms with van der Waals surface area (Å²) in [5, 5.41) is 7.88. The van der Waals surface area contributed by atoms with E-state index in [1.54, 1.807) is 23.1 Å². The van der Waals surface area contributed by atoms with Gasteiger partial charge in [-0.25, -0.2) is 0 Å². The normalized spacial score (nSPS) is 10.6. The summed E-state index contributed by atoms with van der Waals surface area (Å²) in [5.74, 6) is 1.33. The number of rotatable bonds is 9. The maximum absolute atomic E-state index is 12.7. The van der Waals surface area contributed by atoms with Crippen molar-refractivity contribution in [3.05, 3.63) is 107 Å². The first-order chi connectivity index (χ1) is 16.1. The van der Waals surface area contributed by atoms with Gasteiger partial charge in [-0.15, -0.1) is 0 Å². The van der Waals surface area contributed by atoms with Crippen molar-refractivity contribution in [3.8, 4) is 11.5 Å². The van der Waals surface area contributed by atoms with Gasteiger partial charge in [0.2, 0.25) is 0 Å². The lowest BCUT2D eigenvalue weighted by atomic mass is 10.1. The maximum atomic E-state index is 12.7. The van der Waals surface area contributed by atoms with Crippen LogP contribution in [0, 0.1) is 0 Å². The fourth-order valence-corrected chi connectivity index (χ4v) is 3.48. The Hall–Kier alpha value is -3.77. The minimum Gasteiger partial charge on any atom is -0.494 e. The fraction of sp³-hybridized carbons (Fsp3) is 0.154. The SMILES string of the molecule is CCOc1ccc(OCc2cccc(C(=O)Nc3cnn(Cc4ccccc4Cl)c3)c2)cc1. The van der Waals surface area contributed by atoms with Gasteiger partial charge in [0.25, 0.3) is 5.91 Å². The number of halogens is 1. The maximum Gasteiger partial charge on any atom is 0.255 e. The Morgan fingerprint density at radius 2 is 1.76 bits per heavy atom. The molecule has 0 aliphatic carbocycles. The van der Waals surface area contributed by atoms with E-state index in [9.17, 15) is 4.79 Å². The van der Waals surface area contributed by atoms with E-state index in [0.717, 1.165) is 22.6 Å². The van der Waals surface area contributed by atoms with Crippen LogP contribution in [-0.2, 0) is 13.2 Å². The number of ether oxygens (including phenoxy) is 2. The summed E-state index contributed by atoms with van der Waals surface area (Å²) in [4.78, 5) is 12.7. The zero-order valence-corrected chi connectivity index (χ0v) is 19.0. The van der Waals surface area contributed by atoms with Gasteiger partial charge in [0.15, 0.2) is 0 Å². The summed E-state index contributed by atoms with van der Waals surface area (Å²) in [5.41, 5.74) is 3.01. The van der Waals surface area contributed by atoms with Gasteiger partial charge in [0.1, 0.15) is 18.1 Å². The lowest BCUT2D eigenvalue weighted by Crippen LogP contribution is -2.12. The average Bonchev–Trinajstić information content (AvgIpc) is 3.27. The van der Waals surface area contributed by atoms with Crippen LogP contribution in [0.3, 0.4) is 0 Å². The number of nitrogens with one attached hydrogen (secondary N) is 1. The van der Waals surface area contributed by atoms with E-state index in [2.05, 4.69) is 10.4 Å². The van der Waals surface area contributed by atoms with E-state index >= 15 is 0 Å². The van der Waals surface area contributed by atoms with Crippen LogP contribution in [0.4, 0.5) is 5.69 Å². The van der Waals surface area contributed by atoms with Crippen molar-refractivity contribution in [1.82, 2.24) is 9.78 Å². The number of aromatic nitrogens is 2. The minimum absolute atomic E-state index is 0.213. The van der Waals surface area contributed by atoms with Crippen molar-refractivity contribution in [1.29, 1.82) is 0 Å². The van der Waals surface area contributed by atoms with Crippen molar-refractivity contribution in [2.75, 3.05) is 11.9 Å². The third-order valence-electron chi connectivity index (χ3n) is 4.91. The highest BCUT2D eigenvalue weighted by atomic mass is 35.5. The predicted molar refractivity (Wildman–Crippen MR) is 129 cm³/mol. The van der Waals surface area contributed by atoms with Gasteiger partial charge >= 0.3 is 0 Å².